The van der Waals surface area contributed by atoms with Gasteiger partial charge in [-0.05, 0) is 87.9 Å². The fourth-order valence-electron chi connectivity index (χ4n) is 8.32. The van der Waals surface area contributed by atoms with E-state index in [1.165, 1.54) is 0 Å². The Bertz CT molecular complexity index is 785. The average Bonchev–Trinajstić information content (AvgIpc) is 2.92. The van der Waals surface area contributed by atoms with Crippen molar-refractivity contribution in [3.8, 4) is 0 Å². The summed E-state index contributed by atoms with van der Waals surface area (Å²) in [5, 5.41) is 2.06. The second-order valence-electron chi connectivity index (χ2n) is 13.0. The molecule has 0 aromatic rings. The molecule has 3 aliphatic carbocycles. The van der Waals surface area contributed by atoms with E-state index in [0.29, 0.717) is 0 Å². The molecule has 6 atom stereocenters. The van der Waals surface area contributed by atoms with Crippen molar-refractivity contribution in [3.05, 3.63) is 0 Å². The van der Waals surface area contributed by atoms with Gasteiger partial charge in [-0.15, -0.1) is 0 Å². The third kappa shape index (κ3) is 8.24. The summed E-state index contributed by atoms with van der Waals surface area (Å²) in [4.78, 5) is 0. The highest BCUT2D eigenvalue weighted by Gasteiger charge is 2.60. The molecule has 0 aromatic carbocycles. The van der Waals surface area contributed by atoms with Gasteiger partial charge < -0.3 is 4.74 Å². The van der Waals surface area contributed by atoms with Crippen LogP contribution in [0.1, 0.15) is 83.5 Å². The quantitative estimate of drug-likeness (QED) is 0.277. The Morgan fingerprint density at radius 3 is 1.85 bits per heavy atom. The van der Waals surface area contributed by atoms with Gasteiger partial charge in [0.15, 0.2) is 0 Å². The molecule has 3 saturated carbocycles. The first-order chi connectivity index (χ1) is 19.3. The molecule has 2 nitrogen and oxygen atoms in total. The third-order valence-corrected chi connectivity index (χ3v) is 10.5. The van der Waals surface area contributed by atoms with Crippen LogP contribution < -0.4 is 5.32 Å². The highest BCUT2D eigenvalue weighted by molar-refractivity contribution is 5.06. The van der Waals surface area contributed by atoms with Gasteiger partial charge in [0.1, 0.15) is 18.4 Å². The Labute approximate surface area is 235 Å². The predicted molar refractivity (Wildman–Crippen MR) is 134 cm³/mol. The van der Waals surface area contributed by atoms with Gasteiger partial charge in [-0.1, -0.05) is 19.3 Å². The Balaban J connectivity index is 1.63. The van der Waals surface area contributed by atoms with Crippen LogP contribution in [0.3, 0.4) is 0 Å². The Kier molecular flexibility index (Phi) is 11.2. The summed E-state index contributed by atoms with van der Waals surface area (Å²) in [5.74, 6) is -7.09. The zero-order valence-corrected chi connectivity index (χ0v) is 23.2. The highest BCUT2D eigenvalue weighted by atomic mass is 19.4. The van der Waals surface area contributed by atoms with Crippen molar-refractivity contribution in [1.29, 1.82) is 0 Å². The normalized spacial score (nSPS) is 39.1. The molecule has 0 radical (unpaired) electrons. The van der Waals surface area contributed by atoms with Crippen molar-refractivity contribution in [2.45, 2.75) is 127 Å². The molecule has 1 heterocycles. The van der Waals surface area contributed by atoms with E-state index in [9.17, 15) is 39.5 Å². The van der Waals surface area contributed by atoms with E-state index in [0.717, 1.165) is 32.1 Å². The van der Waals surface area contributed by atoms with E-state index in [1.54, 1.807) is 0 Å². The molecule has 1 N–H and O–H groups in total. The molecule has 12 heteroatoms. The van der Waals surface area contributed by atoms with Gasteiger partial charge in [0.05, 0.1) is 18.6 Å². The number of nitrogens with one attached hydrogen (secondary N) is 1. The molecule has 0 spiro atoms. The second kappa shape index (κ2) is 13.9. The van der Waals surface area contributed by atoms with E-state index in [2.05, 4.69) is 5.32 Å². The minimum Gasteiger partial charge on any atom is -0.381 e. The van der Waals surface area contributed by atoms with Crippen LogP contribution in [-0.4, -0.2) is 56.4 Å². The fraction of sp³-hybridized carbons (Fsp3) is 1.00. The maximum Gasteiger partial charge on any atom is 0.404 e. The maximum absolute atomic E-state index is 16.4. The second-order valence-corrected chi connectivity index (χ2v) is 13.0. The van der Waals surface area contributed by atoms with Gasteiger partial charge >= 0.3 is 12.4 Å². The van der Waals surface area contributed by atoms with Crippen LogP contribution in [0, 0.1) is 41.4 Å². The van der Waals surface area contributed by atoms with Crippen molar-refractivity contribution >= 4 is 0 Å². The predicted octanol–water partition coefficient (Wildman–Crippen LogP) is 8.83. The van der Waals surface area contributed by atoms with Crippen LogP contribution in [0.4, 0.5) is 43.9 Å². The van der Waals surface area contributed by atoms with E-state index in [-0.39, 0.29) is 63.9 Å². The number of ether oxygens (including phenoxy) is 1. The van der Waals surface area contributed by atoms with Crippen molar-refractivity contribution in [2.75, 3.05) is 13.2 Å². The minimum absolute atomic E-state index is 0.0562. The average molecular weight is 612 g/mol. The van der Waals surface area contributed by atoms with Crippen LogP contribution in [0.25, 0.3) is 0 Å². The number of rotatable bonds is 8. The third-order valence-electron chi connectivity index (χ3n) is 10.5. The molecule has 1 saturated heterocycles. The maximum atomic E-state index is 16.4. The molecule has 0 aromatic heterocycles. The summed E-state index contributed by atoms with van der Waals surface area (Å²) in [6.07, 6.45) is -11.6. The zero-order chi connectivity index (χ0) is 29.9. The van der Waals surface area contributed by atoms with Gasteiger partial charge in [-0.2, -0.15) is 26.3 Å². The van der Waals surface area contributed by atoms with Crippen molar-refractivity contribution < 1.29 is 48.6 Å². The smallest absolute Gasteiger partial charge is 0.381 e. The van der Waals surface area contributed by atoms with E-state index >= 15 is 4.39 Å². The van der Waals surface area contributed by atoms with E-state index in [1.807, 2.05) is 0 Å². The largest absolute Gasteiger partial charge is 0.404 e. The summed E-state index contributed by atoms with van der Waals surface area (Å²) in [7, 11) is 0. The monoisotopic (exact) mass is 611 g/mol. The first-order valence-electron chi connectivity index (χ1n) is 15.3. The van der Waals surface area contributed by atoms with E-state index in [4.69, 9.17) is 4.74 Å². The molecular formula is C29H43F10NO. The van der Waals surface area contributed by atoms with Crippen molar-refractivity contribution in [3.63, 3.8) is 0 Å². The zero-order valence-electron chi connectivity index (χ0n) is 23.2. The van der Waals surface area contributed by atoms with Crippen molar-refractivity contribution in [2.24, 2.45) is 41.4 Å². The van der Waals surface area contributed by atoms with Crippen molar-refractivity contribution in [1.82, 2.24) is 5.32 Å². The fourth-order valence-corrected chi connectivity index (χ4v) is 8.32. The van der Waals surface area contributed by atoms with Crippen LogP contribution >= 0.6 is 0 Å². The van der Waals surface area contributed by atoms with Gasteiger partial charge in [0.25, 0.3) is 6.43 Å². The molecule has 4 rings (SSSR count). The first kappa shape index (κ1) is 33.1. The number of hydrogen-bond acceptors (Lipinski definition) is 2. The van der Waals surface area contributed by atoms with Crippen LogP contribution in [0.5, 0.6) is 0 Å². The summed E-state index contributed by atoms with van der Waals surface area (Å²) >= 11 is 0. The Hall–Kier alpha value is -0.780. The van der Waals surface area contributed by atoms with Crippen LogP contribution in [0.2, 0.25) is 0 Å². The van der Waals surface area contributed by atoms with Gasteiger partial charge in [0.2, 0.25) is 0 Å². The highest BCUT2D eigenvalue weighted by Crippen LogP contribution is 2.52. The SMILES string of the molecule is FC1CCC(C2C(COCC3CCCCC3)C(C(F)(F)F)NC(C(F)F)C2C(F)C2CCC(C(F)(F)F)CC2)CC1. The number of piperidine rings is 1. The molecule has 4 fully saturated rings. The molecule has 0 bridgehead atoms. The molecular weight excluding hydrogens is 568 g/mol. The lowest BCUT2D eigenvalue weighted by Crippen LogP contribution is -2.68. The number of alkyl halides is 10. The Morgan fingerprint density at radius 1 is 0.707 bits per heavy atom. The molecule has 4 aliphatic rings. The number of halogens is 10. The number of hydrogen-bond donors (Lipinski definition) is 1. The lowest BCUT2D eigenvalue weighted by molar-refractivity contribution is -0.213. The molecule has 0 amide bonds. The summed E-state index contributed by atoms with van der Waals surface area (Å²) in [5.41, 5.74) is 0. The molecule has 41 heavy (non-hydrogen) atoms. The van der Waals surface area contributed by atoms with Gasteiger partial charge in [-0.25, -0.2) is 17.6 Å². The van der Waals surface area contributed by atoms with Crippen LogP contribution in [0.15, 0.2) is 0 Å². The van der Waals surface area contributed by atoms with Crippen LogP contribution in [-0.2, 0) is 4.74 Å². The lowest BCUT2D eigenvalue weighted by atomic mass is 9.59. The summed E-state index contributed by atoms with van der Waals surface area (Å²) in [6.45, 7) is -0.164. The van der Waals surface area contributed by atoms with Gasteiger partial charge in [-0.3, -0.25) is 5.32 Å². The summed E-state index contributed by atoms with van der Waals surface area (Å²) < 4.78 is 148. The molecule has 240 valence electrons. The Morgan fingerprint density at radius 2 is 1.32 bits per heavy atom. The standard InChI is InChI=1S/C29H43F10NO/c30-20-12-8-17(9-13-20)22-21(15-41-14-16-4-2-1-3-5-16)26(29(37,38)39)40-25(27(32)33)23(22)24(31)18-6-10-19(11-7-18)28(34,35)36/h16-27,40H,1-15H2. The van der Waals surface area contributed by atoms with Gasteiger partial charge in [0, 0.05) is 18.4 Å². The molecule has 1 aliphatic heterocycles. The minimum atomic E-state index is -4.91. The first-order valence-corrected chi connectivity index (χ1v) is 15.3. The summed E-state index contributed by atoms with van der Waals surface area (Å²) in [6, 6.07) is -4.48. The van der Waals surface area contributed by atoms with E-state index < -0.39 is 85.3 Å². The molecule has 6 unspecified atom stereocenters. The topological polar surface area (TPSA) is 21.3 Å². The lowest BCUT2D eigenvalue weighted by Gasteiger charge is -2.53.